The van der Waals surface area contributed by atoms with Crippen LogP contribution in [-0.4, -0.2) is 140 Å². The van der Waals surface area contributed by atoms with Gasteiger partial charge in [0.15, 0.2) is 0 Å². The normalized spacial score (nSPS) is 6.43. The summed E-state index contributed by atoms with van der Waals surface area (Å²) in [6.45, 7) is 9.02. The maximum absolute atomic E-state index is 2.26. The summed E-state index contributed by atoms with van der Waals surface area (Å²) in [5, 5.41) is 0. The third-order valence-corrected chi connectivity index (χ3v) is 2.65. The van der Waals surface area contributed by atoms with E-state index in [0.29, 0.717) is 4.25 Å². The SMILES string of the molecule is CC(C)[C](C)(C)[Ge].[Ge].[Ge].[Ge].[Ge].[Ge].[Ge].[Ge]. The van der Waals surface area contributed by atoms with Crippen LogP contribution in [0, 0.1) is 5.92 Å². The van der Waals surface area contributed by atoms with Crippen LogP contribution in [0.1, 0.15) is 27.7 Å². The second kappa shape index (κ2) is 26.0. The number of rotatable bonds is 1. The van der Waals surface area contributed by atoms with Gasteiger partial charge in [0.05, 0.1) is 0 Å². The van der Waals surface area contributed by atoms with Crippen LogP contribution in [0.2, 0.25) is 4.25 Å². The maximum atomic E-state index is 2.26. The molecule has 0 aromatic rings. The molecule has 0 aromatic carbocycles. The molecule has 0 aliphatic carbocycles. The van der Waals surface area contributed by atoms with Crippen molar-refractivity contribution in [2.24, 2.45) is 5.92 Å². The molecule has 0 aliphatic heterocycles. The molecule has 0 nitrogen and oxygen atoms in total. The van der Waals surface area contributed by atoms with Gasteiger partial charge in [0.2, 0.25) is 0 Å². The van der Waals surface area contributed by atoms with E-state index in [0.717, 1.165) is 5.92 Å². The molecule has 0 bridgehead atoms. The average molecular weight is 666 g/mol. The molecule has 14 heavy (non-hydrogen) atoms. The Morgan fingerprint density at radius 1 is 0.714 bits per heavy atom. The second-order valence-corrected chi connectivity index (χ2v) is 5.58. The predicted molar refractivity (Wildman–Crippen MR) is 74.9 cm³/mol. The average Bonchev–Trinajstić information content (AvgIpc) is 1.31. The quantitative estimate of drug-likeness (QED) is 0.327. The third kappa shape index (κ3) is 36.0. The van der Waals surface area contributed by atoms with Crippen LogP contribution in [0.25, 0.3) is 0 Å². The van der Waals surface area contributed by atoms with E-state index in [4.69, 9.17) is 0 Å². The molecule has 0 N–H and O–H groups in total. The van der Waals surface area contributed by atoms with Crippen molar-refractivity contribution in [3.8, 4) is 0 Å². The Morgan fingerprint density at radius 2 is 0.786 bits per heavy atom. The Morgan fingerprint density at radius 3 is 0.786 bits per heavy atom. The van der Waals surface area contributed by atoms with E-state index in [2.05, 4.69) is 44.2 Å². The summed E-state index contributed by atoms with van der Waals surface area (Å²) in [7, 11) is 0. The minimum Gasteiger partial charge on any atom is 0 e. The Balaban J connectivity index is -0.00000000857. The molecule has 69 valence electrons. The zero-order valence-electron chi connectivity index (χ0n) is 9.08. The first-order valence-corrected chi connectivity index (χ1v) is 3.74. The van der Waals surface area contributed by atoms with Crippen molar-refractivity contribution in [1.29, 1.82) is 0 Å². The van der Waals surface area contributed by atoms with Crippen molar-refractivity contribution in [2.45, 2.75) is 31.9 Å². The van der Waals surface area contributed by atoms with Crippen LogP contribution in [0.4, 0.5) is 0 Å². The summed E-state index contributed by atoms with van der Waals surface area (Å²) in [6.07, 6.45) is 0. The van der Waals surface area contributed by atoms with Gasteiger partial charge in [-0.1, -0.05) is 0 Å². The van der Waals surface area contributed by atoms with Gasteiger partial charge < -0.3 is 0 Å². The summed E-state index contributed by atoms with van der Waals surface area (Å²) < 4.78 is 0.500. The summed E-state index contributed by atoms with van der Waals surface area (Å²) in [4.78, 5) is 0. The van der Waals surface area contributed by atoms with Crippen molar-refractivity contribution in [3.05, 3.63) is 0 Å². The molecule has 0 rings (SSSR count). The van der Waals surface area contributed by atoms with Gasteiger partial charge in [-0.15, -0.1) is 0 Å². The first-order valence-electron chi connectivity index (χ1n) is 2.69. The van der Waals surface area contributed by atoms with E-state index in [1.54, 1.807) is 0 Å². The summed E-state index contributed by atoms with van der Waals surface area (Å²) in [5.41, 5.74) is 0. The van der Waals surface area contributed by atoms with Crippen molar-refractivity contribution in [2.75, 3.05) is 0 Å². The van der Waals surface area contributed by atoms with Crippen LogP contribution in [0.15, 0.2) is 0 Å². The van der Waals surface area contributed by atoms with Crippen LogP contribution >= 0.6 is 0 Å². The van der Waals surface area contributed by atoms with Gasteiger partial charge >= 0.3 is 54.4 Å². The Kier molecular flexibility index (Phi) is 95.8. The first-order chi connectivity index (χ1) is 2.94. The molecule has 0 spiro atoms. The van der Waals surface area contributed by atoms with Gasteiger partial charge in [0, 0.05) is 123 Å². The molecule has 0 fully saturated rings. The Bertz CT molecular complexity index is 59.3. The minimum absolute atomic E-state index is 0. The number of hydrogen-bond donors (Lipinski definition) is 0. The molecule has 0 aromatic heterocycles. The fraction of sp³-hybridized carbons (Fsp3) is 1.00. The van der Waals surface area contributed by atoms with Crippen molar-refractivity contribution < 1.29 is 0 Å². The summed E-state index contributed by atoms with van der Waals surface area (Å²) in [5.74, 6) is 0.799. The topological polar surface area (TPSA) is 0 Å². The molecule has 0 amide bonds. The first kappa shape index (κ1) is 51.6. The summed E-state index contributed by atoms with van der Waals surface area (Å²) in [6, 6.07) is 0. The molecular formula is C6H13Ge8. The van der Waals surface area contributed by atoms with Crippen LogP contribution in [0.5, 0.6) is 0 Å². The molecule has 0 unspecified atom stereocenters. The summed E-state index contributed by atoms with van der Waals surface area (Å²) >= 11 is 2.26. The predicted octanol–water partition coefficient (Wildman–Crippen LogP) is -0.656. The van der Waals surface area contributed by atoms with E-state index < -0.39 is 0 Å². The van der Waals surface area contributed by atoms with Gasteiger partial charge in [0.25, 0.3) is 0 Å². The zero-order chi connectivity index (χ0) is 6.08. The molecule has 0 atom stereocenters. The second-order valence-electron chi connectivity index (χ2n) is 2.88. The van der Waals surface area contributed by atoms with Crippen LogP contribution in [0.3, 0.4) is 0 Å². The molecule has 8 heteroatoms. The van der Waals surface area contributed by atoms with Gasteiger partial charge in [-0.2, -0.15) is 0 Å². The van der Waals surface area contributed by atoms with E-state index >= 15 is 0 Å². The monoisotopic (exact) mass is 676 g/mol. The molecule has 0 heterocycles. The standard InChI is InChI=1S/C6H13Ge.7Ge/c1-5(2)6(3,4)7;;;;;;;/h5H,1-4H3;;;;;;;. The third-order valence-electron chi connectivity index (χ3n) is 1.44. The van der Waals surface area contributed by atoms with Gasteiger partial charge in [-0.05, 0) is 0 Å². The van der Waals surface area contributed by atoms with E-state index in [-0.39, 0.29) is 123 Å². The fourth-order valence-corrected chi connectivity index (χ4v) is 0. The van der Waals surface area contributed by atoms with Gasteiger partial charge in [-0.3, -0.25) is 0 Å². The van der Waals surface area contributed by atoms with Gasteiger partial charge in [0.1, 0.15) is 0 Å². The van der Waals surface area contributed by atoms with Crippen molar-refractivity contribution in [3.63, 3.8) is 0 Å². The Labute approximate surface area is 175 Å². The maximum Gasteiger partial charge on any atom is 0 e. The van der Waals surface area contributed by atoms with Crippen molar-refractivity contribution in [1.82, 2.24) is 0 Å². The molecule has 0 aliphatic rings. The smallest absolute Gasteiger partial charge is 0 e. The van der Waals surface area contributed by atoms with E-state index in [1.165, 1.54) is 0 Å². The van der Waals surface area contributed by atoms with Crippen molar-refractivity contribution >= 4 is 140 Å². The van der Waals surface area contributed by atoms with Gasteiger partial charge in [-0.25, -0.2) is 0 Å². The largest absolute Gasteiger partial charge is 0 e. The zero-order valence-corrected chi connectivity index (χ0v) is 25.9. The minimum atomic E-state index is 0. The number of hydrogen-bond acceptors (Lipinski definition) is 0. The molecule has 31 radical (unpaired) electrons. The van der Waals surface area contributed by atoms with E-state index in [9.17, 15) is 0 Å². The Hall–Kier alpha value is 4.34. The van der Waals surface area contributed by atoms with Crippen LogP contribution < -0.4 is 0 Å². The van der Waals surface area contributed by atoms with Crippen LogP contribution in [-0.2, 0) is 0 Å². The van der Waals surface area contributed by atoms with E-state index in [1.807, 2.05) is 0 Å². The molecule has 0 saturated heterocycles. The molecule has 0 saturated carbocycles. The molecular weight excluding hydrogens is 653 g/mol. The fourth-order valence-electron chi connectivity index (χ4n) is 0.